The Morgan fingerprint density at radius 2 is 1.80 bits per heavy atom. The Morgan fingerprint density at radius 3 is 2.50 bits per heavy atom. The lowest BCUT2D eigenvalue weighted by Crippen LogP contribution is -2.23. The van der Waals surface area contributed by atoms with Crippen molar-refractivity contribution in [2.45, 2.75) is 24.3 Å². The average molecular weight is 306 g/mol. The van der Waals surface area contributed by atoms with E-state index in [1.54, 1.807) is 11.8 Å². The summed E-state index contributed by atoms with van der Waals surface area (Å²) in [5.41, 5.74) is 2.54. The van der Waals surface area contributed by atoms with E-state index >= 15 is 0 Å². The van der Waals surface area contributed by atoms with Gasteiger partial charge in [-0.1, -0.05) is 54.9 Å². The fourth-order valence-corrected chi connectivity index (χ4v) is 3.25. The smallest absolute Gasteiger partial charge is 0.0438 e. The van der Waals surface area contributed by atoms with Crippen molar-refractivity contribution in [2.24, 2.45) is 0 Å². The molecule has 2 aromatic rings. The van der Waals surface area contributed by atoms with E-state index in [2.05, 4.69) is 48.8 Å². The molecule has 1 N–H and O–H groups in total. The van der Waals surface area contributed by atoms with Gasteiger partial charge in [-0.15, -0.1) is 11.8 Å². The highest BCUT2D eigenvalue weighted by atomic mass is 35.5. The van der Waals surface area contributed by atoms with Crippen LogP contribution >= 0.6 is 23.4 Å². The van der Waals surface area contributed by atoms with Gasteiger partial charge in [-0.3, -0.25) is 0 Å². The lowest BCUT2D eigenvalue weighted by molar-refractivity contribution is 0.542. The first kappa shape index (κ1) is 15.4. The zero-order chi connectivity index (χ0) is 14.4. The third kappa shape index (κ3) is 3.78. The summed E-state index contributed by atoms with van der Waals surface area (Å²) in [6, 6.07) is 17.0. The molecule has 0 fully saturated rings. The summed E-state index contributed by atoms with van der Waals surface area (Å²) in [6.45, 7) is 3.08. The van der Waals surface area contributed by atoms with Gasteiger partial charge in [-0.2, -0.15) is 0 Å². The molecule has 0 aliphatic carbocycles. The molecule has 0 heterocycles. The van der Waals surface area contributed by atoms with Gasteiger partial charge in [0.25, 0.3) is 0 Å². The van der Waals surface area contributed by atoms with Crippen LogP contribution in [0, 0.1) is 0 Å². The standard InChI is InChI=1S/C17H20ClNS/c1-3-19-16(12-13-8-4-6-10-15(13)18)14-9-5-7-11-17(14)20-2/h4-11,16,19H,3,12H2,1-2H3. The van der Waals surface area contributed by atoms with Crippen molar-refractivity contribution in [2.75, 3.05) is 12.8 Å². The van der Waals surface area contributed by atoms with E-state index in [1.165, 1.54) is 16.0 Å². The van der Waals surface area contributed by atoms with Gasteiger partial charge in [0, 0.05) is 16.0 Å². The van der Waals surface area contributed by atoms with Crippen LogP contribution in [0.5, 0.6) is 0 Å². The maximum atomic E-state index is 6.30. The fraction of sp³-hybridized carbons (Fsp3) is 0.294. The summed E-state index contributed by atoms with van der Waals surface area (Å²) >= 11 is 8.09. The number of thioether (sulfide) groups is 1. The van der Waals surface area contributed by atoms with Crippen LogP contribution in [0.15, 0.2) is 53.4 Å². The second kappa shape index (κ2) is 7.72. The van der Waals surface area contributed by atoms with E-state index in [1.807, 2.05) is 18.2 Å². The van der Waals surface area contributed by atoms with Crippen LogP contribution in [-0.2, 0) is 6.42 Å². The van der Waals surface area contributed by atoms with Gasteiger partial charge in [-0.25, -0.2) is 0 Å². The highest BCUT2D eigenvalue weighted by Gasteiger charge is 2.15. The third-order valence-corrected chi connectivity index (χ3v) is 4.53. The Bertz CT molecular complexity index is 556. The molecule has 3 heteroatoms. The van der Waals surface area contributed by atoms with Gasteiger partial charge in [-0.05, 0) is 42.5 Å². The molecule has 0 amide bonds. The van der Waals surface area contributed by atoms with Crippen molar-refractivity contribution in [3.05, 3.63) is 64.7 Å². The average Bonchev–Trinajstić information content (AvgIpc) is 2.49. The summed E-state index contributed by atoms with van der Waals surface area (Å²) in [7, 11) is 0. The second-order valence-corrected chi connectivity index (χ2v) is 5.90. The van der Waals surface area contributed by atoms with Crippen molar-refractivity contribution in [1.29, 1.82) is 0 Å². The Balaban J connectivity index is 2.29. The monoisotopic (exact) mass is 305 g/mol. The van der Waals surface area contributed by atoms with Crippen LogP contribution in [0.1, 0.15) is 24.1 Å². The van der Waals surface area contributed by atoms with Crippen LogP contribution in [0.25, 0.3) is 0 Å². The lowest BCUT2D eigenvalue weighted by Gasteiger charge is -2.21. The lowest BCUT2D eigenvalue weighted by atomic mass is 9.98. The second-order valence-electron chi connectivity index (χ2n) is 4.65. The number of benzene rings is 2. The molecule has 2 rings (SSSR count). The topological polar surface area (TPSA) is 12.0 Å². The number of hydrogen-bond donors (Lipinski definition) is 1. The van der Waals surface area contributed by atoms with Crippen LogP contribution in [-0.4, -0.2) is 12.8 Å². The molecule has 0 saturated carbocycles. The molecule has 0 bridgehead atoms. The fourth-order valence-electron chi connectivity index (χ4n) is 2.38. The maximum Gasteiger partial charge on any atom is 0.0438 e. The molecule has 0 aliphatic rings. The Kier molecular flexibility index (Phi) is 5.96. The Labute approximate surface area is 130 Å². The number of halogens is 1. The Hall–Kier alpha value is -0.960. The zero-order valence-electron chi connectivity index (χ0n) is 11.9. The van der Waals surface area contributed by atoms with Crippen molar-refractivity contribution in [1.82, 2.24) is 5.32 Å². The van der Waals surface area contributed by atoms with Crippen LogP contribution in [0.3, 0.4) is 0 Å². The molecular formula is C17H20ClNS. The predicted molar refractivity (Wildman–Crippen MR) is 89.8 cm³/mol. The summed E-state index contributed by atoms with van der Waals surface area (Å²) < 4.78 is 0. The number of likely N-dealkylation sites (N-methyl/N-ethyl adjacent to an activating group) is 1. The minimum absolute atomic E-state index is 0.295. The molecule has 0 aromatic heterocycles. The molecule has 1 atom stereocenters. The quantitative estimate of drug-likeness (QED) is 0.757. The largest absolute Gasteiger partial charge is 0.310 e. The minimum atomic E-state index is 0.295. The van der Waals surface area contributed by atoms with E-state index in [0.717, 1.165) is 18.0 Å². The SMILES string of the molecule is CCNC(Cc1ccccc1Cl)c1ccccc1SC. The van der Waals surface area contributed by atoms with Crippen molar-refractivity contribution in [3.8, 4) is 0 Å². The first-order chi connectivity index (χ1) is 9.76. The van der Waals surface area contributed by atoms with Gasteiger partial charge in [0.05, 0.1) is 0 Å². The normalized spacial score (nSPS) is 12.3. The third-order valence-electron chi connectivity index (χ3n) is 3.35. The van der Waals surface area contributed by atoms with Crippen LogP contribution < -0.4 is 5.32 Å². The number of hydrogen-bond acceptors (Lipinski definition) is 2. The molecular weight excluding hydrogens is 286 g/mol. The van der Waals surface area contributed by atoms with Gasteiger partial charge >= 0.3 is 0 Å². The summed E-state index contributed by atoms with van der Waals surface area (Å²) in [4.78, 5) is 1.32. The van der Waals surface area contributed by atoms with Gasteiger partial charge < -0.3 is 5.32 Å². The first-order valence-electron chi connectivity index (χ1n) is 6.86. The summed E-state index contributed by atoms with van der Waals surface area (Å²) in [5.74, 6) is 0. The minimum Gasteiger partial charge on any atom is -0.310 e. The van der Waals surface area contributed by atoms with E-state index in [0.29, 0.717) is 6.04 Å². The summed E-state index contributed by atoms with van der Waals surface area (Å²) in [5, 5.41) is 4.42. The highest BCUT2D eigenvalue weighted by Crippen LogP contribution is 2.29. The molecule has 1 nitrogen and oxygen atoms in total. The molecule has 20 heavy (non-hydrogen) atoms. The van der Waals surface area contributed by atoms with Gasteiger partial charge in [0.15, 0.2) is 0 Å². The van der Waals surface area contributed by atoms with Crippen molar-refractivity contribution in [3.63, 3.8) is 0 Å². The molecule has 0 spiro atoms. The number of rotatable bonds is 6. The van der Waals surface area contributed by atoms with Crippen molar-refractivity contribution < 1.29 is 0 Å². The maximum absolute atomic E-state index is 6.30. The van der Waals surface area contributed by atoms with Crippen LogP contribution in [0.2, 0.25) is 5.02 Å². The van der Waals surface area contributed by atoms with Crippen LogP contribution in [0.4, 0.5) is 0 Å². The van der Waals surface area contributed by atoms with Gasteiger partial charge in [0.1, 0.15) is 0 Å². The first-order valence-corrected chi connectivity index (χ1v) is 8.46. The Morgan fingerprint density at radius 1 is 1.10 bits per heavy atom. The zero-order valence-corrected chi connectivity index (χ0v) is 13.5. The number of nitrogens with one attached hydrogen (secondary N) is 1. The van der Waals surface area contributed by atoms with E-state index in [-0.39, 0.29) is 0 Å². The van der Waals surface area contributed by atoms with E-state index in [9.17, 15) is 0 Å². The molecule has 106 valence electrons. The predicted octanol–water partition coefficient (Wildman–Crippen LogP) is 4.96. The van der Waals surface area contributed by atoms with E-state index < -0.39 is 0 Å². The molecule has 1 unspecified atom stereocenters. The molecule has 2 aromatic carbocycles. The molecule has 0 radical (unpaired) electrons. The van der Waals surface area contributed by atoms with E-state index in [4.69, 9.17) is 11.6 Å². The molecule has 0 aliphatic heterocycles. The van der Waals surface area contributed by atoms with Crippen molar-refractivity contribution >= 4 is 23.4 Å². The summed E-state index contributed by atoms with van der Waals surface area (Å²) in [6.07, 6.45) is 3.03. The highest BCUT2D eigenvalue weighted by molar-refractivity contribution is 7.98. The van der Waals surface area contributed by atoms with Gasteiger partial charge in [0.2, 0.25) is 0 Å². The molecule has 0 saturated heterocycles.